The Bertz CT molecular complexity index is 2040. The molecule has 16 nitrogen and oxygen atoms in total. The zero-order chi connectivity index (χ0) is 39.8. The Hall–Kier alpha value is -6.42. The van der Waals surface area contributed by atoms with Gasteiger partial charge in [-0.25, -0.2) is 9.48 Å². The van der Waals surface area contributed by atoms with Gasteiger partial charge in [0.25, 0.3) is 5.91 Å². The molecule has 292 valence electrons. The van der Waals surface area contributed by atoms with E-state index in [1.54, 1.807) is 104 Å². The first kappa shape index (κ1) is 39.3. The van der Waals surface area contributed by atoms with Crippen LogP contribution in [0.3, 0.4) is 0 Å². The summed E-state index contributed by atoms with van der Waals surface area (Å²) in [4.78, 5) is 83.0. The lowest BCUT2D eigenvalue weighted by molar-refractivity contribution is -0.143. The predicted molar refractivity (Wildman–Crippen MR) is 204 cm³/mol. The fraction of sp³-hybridized carbons (Fsp3) is 0.350. The van der Waals surface area contributed by atoms with E-state index in [1.807, 2.05) is 6.07 Å². The number of carboxylic acid groups (broad SMARTS) is 1. The lowest BCUT2D eigenvalue weighted by atomic mass is 10.0. The summed E-state index contributed by atoms with van der Waals surface area (Å²) in [5.74, 6) is -3.91. The number of hydrogen-bond donors (Lipinski definition) is 6. The number of carbonyl (C=O) groups is 6. The first-order chi connectivity index (χ1) is 27.0. The van der Waals surface area contributed by atoms with Crippen LogP contribution >= 0.6 is 0 Å². The average Bonchev–Trinajstić information content (AvgIpc) is 3.87. The second-order valence-electron chi connectivity index (χ2n) is 14.0. The number of aromatic nitrogens is 3. The van der Waals surface area contributed by atoms with Crippen molar-refractivity contribution in [1.29, 1.82) is 0 Å². The molecule has 1 fully saturated rings. The van der Waals surface area contributed by atoms with Crippen molar-refractivity contribution in [2.45, 2.75) is 75.3 Å². The average molecular weight is 764 g/mol. The lowest BCUT2D eigenvalue weighted by Crippen LogP contribution is -2.57. The molecule has 1 aromatic heterocycles. The fourth-order valence-corrected chi connectivity index (χ4v) is 6.83. The predicted octanol–water partition coefficient (Wildman–Crippen LogP) is 1.31. The molecule has 4 aromatic rings. The standard InChI is InChI=1S/C40H45N9O7/c1-24(41-2)36(51)45-35(27-11-7-4-8-12-27)39(54)48-23-30-21-33(48)38(53)43-31(19-25-9-5-3-6-10-25)37(52)44-32(40(55)56)20-26-13-15-28(16-14-26)42-34(50)18-17-29-22-49(30)47-46-29/h3-16,22,24,30-33,35,41H,17-21,23H2,1-2H3,(H,42,50)(H,43,53)(H,44,52)(H,45,51)(H,55,56)/t24-,30-,31-,32-,33-,35-/m0/s1. The maximum atomic E-state index is 14.7. The number of benzene rings is 3. The number of carboxylic acids is 1. The quantitative estimate of drug-likeness (QED) is 0.151. The van der Waals surface area contributed by atoms with E-state index in [0.717, 1.165) is 0 Å². The van der Waals surface area contributed by atoms with Crippen LogP contribution in [0.1, 0.15) is 54.2 Å². The molecule has 1 saturated heterocycles. The van der Waals surface area contributed by atoms with Crippen molar-refractivity contribution in [2.75, 3.05) is 18.9 Å². The second-order valence-corrected chi connectivity index (χ2v) is 14.0. The van der Waals surface area contributed by atoms with E-state index in [1.165, 1.54) is 4.90 Å². The monoisotopic (exact) mass is 763 g/mol. The summed E-state index contributed by atoms with van der Waals surface area (Å²) >= 11 is 0. The van der Waals surface area contributed by atoms with Crippen LogP contribution in [0.2, 0.25) is 0 Å². The first-order valence-electron chi connectivity index (χ1n) is 18.5. The summed E-state index contributed by atoms with van der Waals surface area (Å²) in [6.07, 6.45) is 2.09. The summed E-state index contributed by atoms with van der Waals surface area (Å²) in [6, 6.07) is 18.3. The van der Waals surface area contributed by atoms with Crippen LogP contribution < -0.4 is 26.6 Å². The molecule has 0 unspecified atom stereocenters. The number of nitrogens with one attached hydrogen (secondary N) is 5. The SMILES string of the molecule is CN[C@@H](C)C(=O)N[C@H](C(=O)N1C[C@@H]2C[C@H]1C(=O)N[C@@H](Cc1ccccc1)C(=O)N[C@H](C(=O)O)Cc1ccc(cc1)NC(=O)CCc1cn2nn1)c1ccccc1. The summed E-state index contributed by atoms with van der Waals surface area (Å²) in [6.45, 7) is 1.66. The summed E-state index contributed by atoms with van der Waals surface area (Å²) in [5.41, 5.74) is 2.85. The van der Waals surface area contributed by atoms with Gasteiger partial charge in [0.1, 0.15) is 24.2 Å². The van der Waals surface area contributed by atoms with Crippen LogP contribution in [-0.2, 0) is 48.0 Å². The number of rotatable bonds is 8. The molecule has 3 aliphatic rings. The van der Waals surface area contributed by atoms with Gasteiger partial charge < -0.3 is 36.6 Å². The zero-order valence-electron chi connectivity index (χ0n) is 31.1. The van der Waals surface area contributed by atoms with E-state index >= 15 is 0 Å². The van der Waals surface area contributed by atoms with Gasteiger partial charge in [0, 0.05) is 50.5 Å². The van der Waals surface area contributed by atoms with Gasteiger partial charge in [0.15, 0.2) is 0 Å². The molecule has 7 rings (SSSR count). The van der Waals surface area contributed by atoms with Crippen molar-refractivity contribution in [3.05, 3.63) is 114 Å². The highest BCUT2D eigenvalue weighted by molar-refractivity contribution is 5.96. The van der Waals surface area contributed by atoms with Crippen LogP contribution in [0.5, 0.6) is 0 Å². The van der Waals surface area contributed by atoms with Crippen molar-refractivity contribution in [3.8, 4) is 0 Å². The van der Waals surface area contributed by atoms with Gasteiger partial charge in [-0.15, -0.1) is 5.10 Å². The molecular weight excluding hydrogens is 718 g/mol. The summed E-state index contributed by atoms with van der Waals surface area (Å²) in [7, 11) is 1.62. The van der Waals surface area contributed by atoms with Crippen molar-refractivity contribution in [3.63, 3.8) is 0 Å². The van der Waals surface area contributed by atoms with E-state index < -0.39 is 65.8 Å². The number of nitrogens with zero attached hydrogens (tertiary/aromatic N) is 4. The lowest BCUT2D eigenvalue weighted by Gasteiger charge is -2.30. The Morgan fingerprint density at radius 2 is 1.61 bits per heavy atom. The Morgan fingerprint density at radius 3 is 2.29 bits per heavy atom. The van der Waals surface area contributed by atoms with Gasteiger partial charge in [-0.1, -0.05) is 78.0 Å². The second kappa shape index (κ2) is 17.8. The van der Waals surface area contributed by atoms with Gasteiger partial charge in [-0.05, 0) is 42.8 Å². The topological polar surface area (TPSA) is 217 Å². The number of likely N-dealkylation sites (tertiary alicyclic amines) is 1. The number of amides is 5. The van der Waals surface area contributed by atoms with Crippen molar-refractivity contribution in [2.24, 2.45) is 0 Å². The molecular formula is C40H45N9O7. The minimum absolute atomic E-state index is 0.00717. The number of likely N-dealkylation sites (N-methyl/N-ethyl adjacent to an activating group) is 1. The Kier molecular flexibility index (Phi) is 12.5. The zero-order valence-corrected chi connectivity index (χ0v) is 31.1. The maximum Gasteiger partial charge on any atom is 0.326 e. The van der Waals surface area contributed by atoms with Gasteiger partial charge in [-0.3, -0.25) is 24.0 Å². The molecule has 3 aromatic carbocycles. The molecule has 0 spiro atoms. The van der Waals surface area contributed by atoms with Crippen molar-refractivity contribution >= 4 is 41.2 Å². The minimum Gasteiger partial charge on any atom is -0.480 e. The number of aliphatic carboxylic acids is 1. The molecule has 16 heteroatoms. The number of fused-ring (bicyclic) bond motifs is 11. The third-order valence-corrected chi connectivity index (χ3v) is 10.1. The largest absolute Gasteiger partial charge is 0.480 e. The highest BCUT2D eigenvalue weighted by atomic mass is 16.4. The van der Waals surface area contributed by atoms with Gasteiger partial charge in [0.05, 0.1) is 17.8 Å². The molecule has 3 aliphatic heterocycles. The van der Waals surface area contributed by atoms with Crippen LogP contribution in [0.4, 0.5) is 5.69 Å². The minimum atomic E-state index is -1.35. The Morgan fingerprint density at radius 1 is 0.911 bits per heavy atom. The fourth-order valence-electron chi connectivity index (χ4n) is 6.83. The van der Waals surface area contributed by atoms with Crippen LogP contribution in [0.25, 0.3) is 0 Å². The molecule has 56 heavy (non-hydrogen) atoms. The summed E-state index contributed by atoms with van der Waals surface area (Å²) in [5, 5.41) is 32.7. The maximum absolute atomic E-state index is 14.7. The third-order valence-electron chi connectivity index (χ3n) is 10.1. The van der Waals surface area contributed by atoms with Crippen LogP contribution in [0.15, 0.2) is 91.1 Å². The number of carbonyl (C=O) groups excluding carboxylic acids is 5. The molecule has 6 N–H and O–H groups in total. The molecule has 0 aliphatic carbocycles. The highest BCUT2D eigenvalue weighted by Crippen LogP contribution is 2.31. The normalized spacial score (nSPS) is 21.5. The van der Waals surface area contributed by atoms with E-state index in [0.29, 0.717) is 28.1 Å². The Balaban J connectivity index is 1.37. The smallest absolute Gasteiger partial charge is 0.326 e. The Labute approximate surface area is 323 Å². The first-order valence-corrected chi connectivity index (χ1v) is 18.5. The molecule has 4 heterocycles. The third kappa shape index (κ3) is 9.62. The van der Waals surface area contributed by atoms with Crippen LogP contribution in [0, 0.1) is 0 Å². The van der Waals surface area contributed by atoms with Crippen molar-refractivity contribution in [1.82, 2.24) is 41.2 Å². The number of anilines is 1. The van der Waals surface area contributed by atoms with Crippen molar-refractivity contribution < 1.29 is 33.9 Å². The van der Waals surface area contributed by atoms with E-state index in [2.05, 4.69) is 36.9 Å². The van der Waals surface area contributed by atoms with E-state index in [4.69, 9.17) is 0 Å². The van der Waals surface area contributed by atoms with E-state index in [-0.39, 0.29) is 44.6 Å². The van der Waals surface area contributed by atoms with Gasteiger partial charge in [0.2, 0.25) is 23.6 Å². The van der Waals surface area contributed by atoms with Gasteiger partial charge >= 0.3 is 5.97 Å². The molecule has 0 radical (unpaired) electrons. The number of hydrogen-bond acceptors (Lipinski definition) is 9. The highest BCUT2D eigenvalue weighted by Gasteiger charge is 2.44. The molecule has 6 atom stereocenters. The molecule has 0 saturated carbocycles. The molecule has 6 bridgehead atoms. The molecule has 5 amide bonds. The van der Waals surface area contributed by atoms with Gasteiger partial charge in [-0.2, -0.15) is 0 Å². The van der Waals surface area contributed by atoms with E-state index in [9.17, 15) is 33.9 Å². The van der Waals surface area contributed by atoms with Crippen LogP contribution in [-0.4, -0.2) is 98.3 Å². The number of aryl methyl sites for hydroxylation is 1. The summed E-state index contributed by atoms with van der Waals surface area (Å²) < 4.78 is 1.56.